The third kappa shape index (κ3) is 4.10. The highest BCUT2D eigenvalue weighted by Gasteiger charge is 2.30. The summed E-state index contributed by atoms with van der Waals surface area (Å²) in [6.45, 7) is 0. The minimum atomic E-state index is -3.14. The summed E-state index contributed by atoms with van der Waals surface area (Å²) in [6.07, 6.45) is 3.45. The lowest BCUT2D eigenvalue weighted by Gasteiger charge is -2.28. The molecule has 0 spiro atoms. The fourth-order valence-electron chi connectivity index (χ4n) is 3.78. The molecule has 0 aromatic heterocycles. The lowest BCUT2D eigenvalue weighted by molar-refractivity contribution is 0.303. The van der Waals surface area contributed by atoms with Crippen LogP contribution in [0.2, 0.25) is 0 Å². The van der Waals surface area contributed by atoms with Crippen molar-refractivity contribution < 1.29 is 16.8 Å². The maximum Gasteiger partial charge on any atom is 0.154 e. The summed E-state index contributed by atoms with van der Waals surface area (Å²) < 4.78 is 49.5. The molecule has 1 fully saturated rings. The van der Waals surface area contributed by atoms with Crippen LogP contribution < -0.4 is 0 Å². The fourth-order valence-corrected chi connectivity index (χ4v) is 7.46. The smallest absolute Gasteiger partial charge is 0.154 e. The predicted molar refractivity (Wildman–Crippen MR) is 86.9 cm³/mol. The molecule has 4 bridgehead atoms. The molecule has 1 saturated carbocycles. The normalized spacial score (nSPS) is 30.7. The van der Waals surface area contributed by atoms with Gasteiger partial charge in [-0.1, -0.05) is 30.7 Å². The Morgan fingerprint density at radius 1 is 0.727 bits per heavy atom. The lowest BCUT2D eigenvalue weighted by atomic mass is 9.83. The summed E-state index contributed by atoms with van der Waals surface area (Å²) in [4.78, 5) is 0. The van der Waals surface area contributed by atoms with Crippen LogP contribution in [-0.2, 0) is 31.2 Å². The molecule has 0 unspecified atom stereocenters. The molecule has 1 aromatic rings. The second-order valence-electron chi connectivity index (χ2n) is 6.82. The Balaban J connectivity index is 1.95. The zero-order chi connectivity index (χ0) is 15.8. The van der Waals surface area contributed by atoms with Gasteiger partial charge >= 0.3 is 0 Å². The van der Waals surface area contributed by atoms with Gasteiger partial charge in [0, 0.05) is 0 Å². The van der Waals surface area contributed by atoms with E-state index in [4.69, 9.17) is 0 Å². The Labute approximate surface area is 132 Å². The Morgan fingerprint density at radius 3 is 1.55 bits per heavy atom. The summed E-state index contributed by atoms with van der Waals surface area (Å²) in [7, 11) is -6.27. The van der Waals surface area contributed by atoms with Gasteiger partial charge in [-0.25, -0.2) is 16.8 Å². The van der Waals surface area contributed by atoms with Gasteiger partial charge in [0.15, 0.2) is 19.7 Å². The third-order valence-corrected chi connectivity index (χ3v) is 8.17. The van der Waals surface area contributed by atoms with Crippen molar-refractivity contribution >= 4 is 19.7 Å². The van der Waals surface area contributed by atoms with Gasteiger partial charge in [0.2, 0.25) is 0 Å². The molecule has 2 heterocycles. The summed E-state index contributed by atoms with van der Waals surface area (Å²) >= 11 is 0. The number of fused-ring (bicyclic) bond motifs is 6. The Hall–Kier alpha value is -0.880. The van der Waals surface area contributed by atoms with E-state index in [-0.39, 0.29) is 34.8 Å². The minimum absolute atomic E-state index is 0.0567. The average molecular weight is 342 g/mol. The molecule has 0 N–H and O–H groups in total. The van der Waals surface area contributed by atoms with E-state index in [0.29, 0.717) is 0 Å². The molecule has 1 aromatic carbocycles. The molecule has 22 heavy (non-hydrogen) atoms. The first kappa shape index (κ1) is 16.0. The van der Waals surface area contributed by atoms with Gasteiger partial charge in [-0.05, 0) is 42.2 Å². The van der Waals surface area contributed by atoms with Gasteiger partial charge in [0.25, 0.3) is 0 Å². The maximum atomic E-state index is 12.4. The van der Waals surface area contributed by atoms with Crippen LogP contribution in [-0.4, -0.2) is 28.3 Å². The topological polar surface area (TPSA) is 68.3 Å². The summed E-state index contributed by atoms with van der Waals surface area (Å²) in [5.74, 6) is 0.704. The van der Waals surface area contributed by atoms with Crippen LogP contribution in [0, 0.1) is 11.8 Å². The SMILES string of the molecule is O=S1(=O)Cc2ccc(cc2)CS(=O)(=O)C[C@H]2CCC[C@H](C2)C1. The van der Waals surface area contributed by atoms with Crippen molar-refractivity contribution in [1.29, 1.82) is 0 Å². The molecular formula is C16H22O4S2. The Kier molecular flexibility index (Phi) is 4.34. The van der Waals surface area contributed by atoms with Crippen molar-refractivity contribution in [3.8, 4) is 0 Å². The summed E-state index contributed by atoms with van der Waals surface area (Å²) in [5, 5.41) is 0. The third-order valence-electron chi connectivity index (χ3n) is 4.67. The van der Waals surface area contributed by atoms with Crippen molar-refractivity contribution in [2.45, 2.75) is 37.2 Å². The first-order valence-corrected chi connectivity index (χ1v) is 11.4. The zero-order valence-electron chi connectivity index (χ0n) is 12.6. The minimum Gasteiger partial charge on any atom is -0.228 e. The van der Waals surface area contributed by atoms with Gasteiger partial charge in [-0.3, -0.25) is 0 Å². The number of hydrogen-bond donors (Lipinski definition) is 0. The van der Waals surface area contributed by atoms with E-state index in [0.717, 1.165) is 36.8 Å². The van der Waals surface area contributed by atoms with Crippen LogP contribution in [0.15, 0.2) is 24.3 Å². The molecule has 6 heteroatoms. The van der Waals surface area contributed by atoms with Gasteiger partial charge in [-0.2, -0.15) is 0 Å². The second kappa shape index (κ2) is 5.96. The molecule has 3 aliphatic rings. The maximum absolute atomic E-state index is 12.4. The van der Waals surface area contributed by atoms with Crippen LogP contribution in [0.4, 0.5) is 0 Å². The van der Waals surface area contributed by atoms with E-state index in [1.165, 1.54) is 0 Å². The molecule has 4 rings (SSSR count). The molecule has 2 atom stereocenters. The molecule has 0 radical (unpaired) electrons. The van der Waals surface area contributed by atoms with Crippen LogP contribution in [0.3, 0.4) is 0 Å². The first-order chi connectivity index (χ1) is 10.3. The lowest BCUT2D eigenvalue weighted by Crippen LogP contribution is -2.27. The largest absolute Gasteiger partial charge is 0.228 e. The van der Waals surface area contributed by atoms with E-state index < -0.39 is 19.7 Å². The Bertz CT molecular complexity index is 670. The molecule has 122 valence electrons. The highest BCUT2D eigenvalue weighted by molar-refractivity contribution is 7.90. The molecule has 4 nitrogen and oxygen atoms in total. The van der Waals surface area contributed by atoms with Crippen molar-refractivity contribution in [1.82, 2.24) is 0 Å². The van der Waals surface area contributed by atoms with E-state index in [1.807, 2.05) is 0 Å². The summed E-state index contributed by atoms with van der Waals surface area (Å²) in [5.41, 5.74) is 1.49. The number of benzene rings is 1. The van der Waals surface area contributed by atoms with Crippen molar-refractivity contribution in [3.63, 3.8) is 0 Å². The molecule has 1 aliphatic carbocycles. The highest BCUT2D eigenvalue weighted by atomic mass is 32.2. The fraction of sp³-hybridized carbons (Fsp3) is 0.625. The second-order valence-corrected chi connectivity index (χ2v) is 11.0. The summed E-state index contributed by atoms with van der Waals surface area (Å²) in [6, 6.07) is 6.97. The molecular weight excluding hydrogens is 320 g/mol. The predicted octanol–water partition coefficient (Wildman–Crippen LogP) is 2.34. The van der Waals surface area contributed by atoms with Gasteiger partial charge < -0.3 is 0 Å². The molecule has 0 saturated heterocycles. The number of sulfone groups is 2. The zero-order valence-corrected chi connectivity index (χ0v) is 14.2. The standard InChI is InChI=1S/C16H22O4S2/c17-21(18)9-13-4-6-14(7-5-13)10-22(19,20)12-16-3-1-2-15(8-16)11-21/h4-7,15-16H,1-3,8-12H2/t15-,16+. The number of rotatable bonds is 0. The average Bonchev–Trinajstić information content (AvgIpc) is 2.39. The van der Waals surface area contributed by atoms with Crippen molar-refractivity contribution in [3.05, 3.63) is 35.4 Å². The van der Waals surface area contributed by atoms with Crippen LogP contribution in [0.1, 0.15) is 36.8 Å². The Morgan fingerprint density at radius 2 is 1.14 bits per heavy atom. The molecule has 2 aliphatic heterocycles. The van der Waals surface area contributed by atoms with Crippen molar-refractivity contribution in [2.75, 3.05) is 11.5 Å². The van der Waals surface area contributed by atoms with Gasteiger partial charge in [0.05, 0.1) is 23.0 Å². The molecule has 0 amide bonds. The van der Waals surface area contributed by atoms with Crippen molar-refractivity contribution in [2.24, 2.45) is 11.8 Å². The number of hydrogen-bond acceptors (Lipinski definition) is 4. The van der Waals surface area contributed by atoms with E-state index in [9.17, 15) is 16.8 Å². The highest BCUT2D eigenvalue weighted by Crippen LogP contribution is 2.32. The van der Waals surface area contributed by atoms with Gasteiger partial charge in [0.1, 0.15) is 0 Å². The first-order valence-electron chi connectivity index (χ1n) is 7.80. The quantitative estimate of drug-likeness (QED) is 0.726. The van der Waals surface area contributed by atoms with E-state index in [2.05, 4.69) is 0 Å². The van der Waals surface area contributed by atoms with Crippen LogP contribution in [0.5, 0.6) is 0 Å². The van der Waals surface area contributed by atoms with Gasteiger partial charge in [-0.15, -0.1) is 0 Å². The van der Waals surface area contributed by atoms with Crippen LogP contribution >= 0.6 is 0 Å². The van der Waals surface area contributed by atoms with Crippen LogP contribution in [0.25, 0.3) is 0 Å². The monoisotopic (exact) mass is 342 g/mol. The van der Waals surface area contributed by atoms with E-state index >= 15 is 0 Å². The van der Waals surface area contributed by atoms with E-state index in [1.54, 1.807) is 24.3 Å².